The number of para-hydroxylation sites is 1. The molecule has 2 heterocycles. The number of fused-ring (bicyclic) bond motifs is 1. The van der Waals surface area contributed by atoms with Crippen molar-refractivity contribution >= 4 is 29.2 Å². The molecule has 0 bridgehead atoms. The van der Waals surface area contributed by atoms with Gasteiger partial charge >= 0.3 is 5.97 Å². The molecule has 2 aromatic rings. The SMILES string of the molecule is O=C(O)[C@H]1CN(C(=O)c2ccc(Cl)o2)c2ccccc21. The number of amides is 1. The molecular weight excluding hydrogens is 282 g/mol. The second-order valence-electron chi connectivity index (χ2n) is 4.47. The Balaban J connectivity index is 2.00. The molecule has 0 aliphatic carbocycles. The Morgan fingerprint density at radius 3 is 2.65 bits per heavy atom. The fourth-order valence-electron chi connectivity index (χ4n) is 2.37. The van der Waals surface area contributed by atoms with Crippen molar-refractivity contribution in [3.05, 3.63) is 52.9 Å². The summed E-state index contributed by atoms with van der Waals surface area (Å²) in [6.07, 6.45) is 0. The van der Waals surface area contributed by atoms with Gasteiger partial charge in [-0.05, 0) is 35.4 Å². The van der Waals surface area contributed by atoms with Gasteiger partial charge in [0, 0.05) is 12.2 Å². The Hall–Kier alpha value is -2.27. The number of hydrogen-bond acceptors (Lipinski definition) is 3. The average Bonchev–Trinajstić information content (AvgIpc) is 3.02. The number of anilines is 1. The first-order chi connectivity index (χ1) is 9.58. The third kappa shape index (κ3) is 1.96. The highest BCUT2D eigenvalue weighted by atomic mass is 35.5. The lowest BCUT2D eigenvalue weighted by atomic mass is 10.0. The molecular formula is C14H10ClNO4. The Labute approximate surface area is 119 Å². The fourth-order valence-corrected chi connectivity index (χ4v) is 2.52. The topological polar surface area (TPSA) is 70.8 Å². The highest BCUT2D eigenvalue weighted by Crippen LogP contribution is 2.37. The van der Waals surface area contributed by atoms with Gasteiger partial charge in [0.05, 0.1) is 0 Å². The van der Waals surface area contributed by atoms with Crippen LogP contribution in [0.3, 0.4) is 0 Å². The fraction of sp³-hybridized carbons (Fsp3) is 0.143. The van der Waals surface area contributed by atoms with Gasteiger partial charge in [0.25, 0.3) is 5.91 Å². The number of hydrogen-bond donors (Lipinski definition) is 1. The van der Waals surface area contributed by atoms with Crippen molar-refractivity contribution in [3.63, 3.8) is 0 Å². The molecule has 0 saturated carbocycles. The van der Waals surface area contributed by atoms with Gasteiger partial charge < -0.3 is 14.4 Å². The number of nitrogens with zero attached hydrogens (tertiary/aromatic N) is 1. The Morgan fingerprint density at radius 2 is 2.00 bits per heavy atom. The highest BCUT2D eigenvalue weighted by molar-refractivity contribution is 6.29. The zero-order valence-corrected chi connectivity index (χ0v) is 11.0. The number of furan rings is 1. The van der Waals surface area contributed by atoms with E-state index < -0.39 is 17.8 Å². The lowest BCUT2D eigenvalue weighted by Crippen LogP contribution is -2.30. The number of carboxylic acid groups (broad SMARTS) is 1. The van der Waals surface area contributed by atoms with Crippen LogP contribution in [0.5, 0.6) is 0 Å². The van der Waals surface area contributed by atoms with E-state index >= 15 is 0 Å². The molecule has 1 aliphatic heterocycles. The maximum Gasteiger partial charge on any atom is 0.312 e. The van der Waals surface area contributed by atoms with Crippen molar-refractivity contribution in [2.45, 2.75) is 5.92 Å². The maximum absolute atomic E-state index is 12.4. The number of benzene rings is 1. The summed E-state index contributed by atoms with van der Waals surface area (Å²) in [5, 5.41) is 9.37. The minimum absolute atomic E-state index is 0.0891. The van der Waals surface area contributed by atoms with Crippen LogP contribution in [0.25, 0.3) is 0 Å². The predicted molar refractivity (Wildman–Crippen MR) is 72.2 cm³/mol. The van der Waals surface area contributed by atoms with Crippen LogP contribution < -0.4 is 4.90 Å². The molecule has 3 rings (SSSR count). The molecule has 5 nitrogen and oxygen atoms in total. The summed E-state index contributed by atoms with van der Waals surface area (Å²) in [5.41, 5.74) is 1.23. The van der Waals surface area contributed by atoms with E-state index in [0.29, 0.717) is 11.3 Å². The van der Waals surface area contributed by atoms with E-state index in [9.17, 15) is 14.7 Å². The van der Waals surface area contributed by atoms with Gasteiger partial charge in [-0.3, -0.25) is 9.59 Å². The molecule has 102 valence electrons. The Bertz CT molecular complexity index is 694. The third-order valence-corrected chi connectivity index (χ3v) is 3.50. The van der Waals surface area contributed by atoms with Crippen LogP contribution in [0.1, 0.15) is 22.0 Å². The molecule has 0 unspecified atom stereocenters. The van der Waals surface area contributed by atoms with Crippen LogP contribution in [0.4, 0.5) is 5.69 Å². The van der Waals surface area contributed by atoms with Crippen molar-refractivity contribution in [1.29, 1.82) is 0 Å². The molecule has 0 saturated heterocycles. The smallest absolute Gasteiger partial charge is 0.312 e. The van der Waals surface area contributed by atoms with E-state index in [-0.39, 0.29) is 17.5 Å². The van der Waals surface area contributed by atoms with Crippen LogP contribution in [0, 0.1) is 0 Å². The lowest BCUT2D eigenvalue weighted by molar-refractivity contribution is -0.138. The maximum atomic E-state index is 12.4. The van der Waals surface area contributed by atoms with Crippen molar-refractivity contribution in [2.24, 2.45) is 0 Å². The van der Waals surface area contributed by atoms with Crippen molar-refractivity contribution in [1.82, 2.24) is 0 Å². The van der Waals surface area contributed by atoms with Crippen LogP contribution in [-0.2, 0) is 4.79 Å². The molecule has 0 spiro atoms. The summed E-state index contributed by atoms with van der Waals surface area (Å²) >= 11 is 5.66. The number of rotatable bonds is 2. The van der Waals surface area contributed by atoms with Crippen LogP contribution in [0.15, 0.2) is 40.8 Å². The number of aliphatic carboxylic acids is 1. The van der Waals surface area contributed by atoms with Crippen molar-refractivity contribution in [2.75, 3.05) is 11.4 Å². The van der Waals surface area contributed by atoms with E-state index in [1.54, 1.807) is 24.3 Å². The summed E-state index contributed by atoms with van der Waals surface area (Å²) in [7, 11) is 0. The summed E-state index contributed by atoms with van der Waals surface area (Å²) in [6, 6.07) is 9.91. The van der Waals surface area contributed by atoms with Gasteiger partial charge in [-0.25, -0.2) is 0 Å². The number of carbonyl (C=O) groups is 2. The van der Waals surface area contributed by atoms with Gasteiger partial charge in [-0.1, -0.05) is 18.2 Å². The first-order valence-electron chi connectivity index (χ1n) is 5.97. The molecule has 6 heteroatoms. The quantitative estimate of drug-likeness (QED) is 0.923. The molecule has 0 fully saturated rings. The first-order valence-corrected chi connectivity index (χ1v) is 6.34. The summed E-state index contributed by atoms with van der Waals surface area (Å²) in [6.45, 7) is 0.0891. The van der Waals surface area contributed by atoms with E-state index in [2.05, 4.69) is 0 Å². The second kappa shape index (κ2) is 4.68. The van der Waals surface area contributed by atoms with Crippen molar-refractivity contribution in [3.8, 4) is 0 Å². The number of carbonyl (C=O) groups excluding carboxylic acids is 1. The van der Waals surface area contributed by atoms with Crippen LogP contribution in [0.2, 0.25) is 5.22 Å². The predicted octanol–water partition coefficient (Wildman–Crippen LogP) is 2.76. The van der Waals surface area contributed by atoms with Crippen LogP contribution >= 0.6 is 11.6 Å². The highest BCUT2D eigenvalue weighted by Gasteiger charge is 2.37. The molecule has 1 aromatic carbocycles. The molecule has 1 N–H and O–H groups in total. The summed E-state index contributed by atoms with van der Waals surface area (Å²) in [4.78, 5) is 25.1. The lowest BCUT2D eigenvalue weighted by Gasteiger charge is -2.15. The van der Waals surface area contributed by atoms with Crippen LogP contribution in [-0.4, -0.2) is 23.5 Å². The van der Waals surface area contributed by atoms with Gasteiger partial charge in [0.1, 0.15) is 5.92 Å². The number of halogens is 1. The van der Waals surface area contributed by atoms with Gasteiger partial charge in [-0.15, -0.1) is 0 Å². The molecule has 20 heavy (non-hydrogen) atoms. The average molecular weight is 292 g/mol. The largest absolute Gasteiger partial charge is 0.481 e. The molecule has 1 atom stereocenters. The monoisotopic (exact) mass is 291 g/mol. The van der Waals surface area contributed by atoms with Crippen molar-refractivity contribution < 1.29 is 19.1 Å². The zero-order valence-electron chi connectivity index (χ0n) is 10.2. The first kappa shape index (κ1) is 12.7. The normalized spacial score (nSPS) is 17.1. The summed E-state index contributed by atoms with van der Waals surface area (Å²) in [5.74, 6) is -1.98. The Kier molecular flexibility index (Phi) is 2.99. The third-order valence-electron chi connectivity index (χ3n) is 3.30. The van der Waals surface area contributed by atoms with E-state index in [0.717, 1.165) is 0 Å². The minimum atomic E-state index is -0.953. The molecule has 1 aliphatic rings. The standard InChI is InChI=1S/C14H10ClNO4/c15-12-6-5-11(20-12)13(17)16-7-9(14(18)19)8-3-1-2-4-10(8)16/h1-6,9H,7H2,(H,18,19)/t9-/m0/s1. The molecule has 1 aromatic heterocycles. The van der Waals surface area contributed by atoms with E-state index in [1.165, 1.54) is 17.0 Å². The Morgan fingerprint density at radius 1 is 1.25 bits per heavy atom. The number of carboxylic acids is 1. The second-order valence-corrected chi connectivity index (χ2v) is 4.84. The minimum Gasteiger partial charge on any atom is -0.481 e. The van der Waals surface area contributed by atoms with E-state index in [4.69, 9.17) is 16.0 Å². The molecule has 0 radical (unpaired) electrons. The summed E-state index contributed by atoms with van der Waals surface area (Å²) < 4.78 is 5.10. The molecule has 1 amide bonds. The van der Waals surface area contributed by atoms with Gasteiger partial charge in [0.15, 0.2) is 11.0 Å². The van der Waals surface area contributed by atoms with Gasteiger partial charge in [-0.2, -0.15) is 0 Å². The van der Waals surface area contributed by atoms with Gasteiger partial charge in [0.2, 0.25) is 0 Å². The van der Waals surface area contributed by atoms with E-state index in [1.807, 2.05) is 0 Å². The zero-order chi connectivity index (χ0) is 14.3.